The van der Waals surface area contributed by atoms with Gasteiger partial charge in [-0.05, 0) is 35.6 Å². The Hall–Kier alpha value is -1.89. The van der Waals surface area contributed by atoms with Crippen molar-refractivity contribution in [1.82, 2.24) is 14.8 Å². The molecule has 1 atom stereocenters. The Morgan fingerprint density at radius 2 is 1.83 bits per heavy atom. The van der Waals surface area contributed by atoms with Crippen LogP contribution in [0.5, 0.6) is 0 Å². The zero-order valence-electron chi connectivity index (χ0n) is 17.3. The van der Waals surface area contributed by atoms with E-state index in [0.717, 1.165) is 36.2 Å². The van der Waals surface area contributed by atoms with Gasteiger partial charge in [-0.2, -0.15) is 0 Å². The van der Waals surface area contributed by atoms with Crippen LogP contribution in [0.1, 0.15) is 56.0 Å². The van der Waals surface area contributed by atoms with Crippen molar-refractivity contribution < 1.29 is 9.47 Å². The summed E-state index contributed by atoms with van der Waals surface area (Å²) >= 11 is 1.79. The van der Waals surface area contributed by atoms with Gasteiger partial charge in [0.25, 0.3) is 0 Å². The molecule has 30 heavy (non-hydrogen) atoms. The van der Waals surface area contributed by atoms with Crippen LogP contribution in [-0.4, -0.2) is 40.0 Å². The molecule has 1 aromatic heterocycles. The van der Waals surface area contributed by atoms with Gasteiger partial charge in [-0.15, -0.1) is 10.2 Å². The lowest BCUT2D eigenvalue weighted by molar-refractivity contribution is -0.130. The maximum absolute atomic E-state index is 5.74. The summed E-state index contributed by atoms with van der Waals surface area (Å²) in [6, 6.07) is 15.7. The second-order valence-corrected chi connectivity index (χ2v) is 9.28. The maximum atomic E-state index is 5.74. The van der Waals surface area contributed by atoms with Crippen LogP contribution in [0.2, 0.25) is 0 Å². The van der Waals surface area contributed by atoms with E-state index < -0.39 is 0 Å². The average Bonchev–Trinajstić information content (AvgIpc) is 3.21. The number of nitrogens with zero attached hydrogens (tertiary/aromatic N) is 3. The largest absolute Gasteiger partial charge is 0.355 e. The first-order valence-corrected chi connectivity index (χ1v) is 12.1. The highest BCUT2D eigenvalue weighted by Gasteiger charge is 2.24. The molecule has 158 valence electrons. The summed E-state index contributed by atoms with van der Waals surface area (Å²) in [6.45, 7) is 1.19. The van der Waals surface area contributed by atoms with Crippen molar-refractivity contribution in [1.29, 1.82) is 0 Å². The number of thioether (sulfide) groups is 1. The molecule has 0 bridgehead atoms. The lowest BCUT2D eigenvalue weighted by Gasteiger charge is -2.26. The van der Waals surface area contributed by atoms with Crippen molar-refractivity contribution in [2.45, 2.75) is 62.2 Å². The van der Waals surface area contributed by atoms with Crippen molar-refractivity contribution in [3.8, 4) is 0 Å². The van der Waals surface area contributed by atoms with E-state index in [0.29, 0.717) is 12.8 Å². The summed E-state index contributed by atoms with van der Waals surface area (Å²) in [5.74, 6) is 2.00. The van der Waals surface area contributed by atoms with Gasteiger partial charge < -0.3 is 14.0 Å². The van der Waals surface area contributed by atoms with Gasteiger partial charge in [0, 0.05) is 18.2 Å². The molecule has 2 fully saturated rings. The third-order valence-corrected chi connectivity index (χ3v) is 7.35. The number of aromatic nitrogens is 3. The molecule has 0 amide bonds. The SMILES string of the molecule is c1ccc2c(Cc3nnc(SC[C@@H]4CCOCO4)n3C3CCCCC3)cccc2c1. The molecule has 1 aliphatic carbocycles. The number of hydrogen-bond donors (Lipinski definition) is 0. The first-order chi connectivity index (χ1) is 14.9. The van der Waals surface area contributed by atoms with Gasteiger partial charge in [0.2, 0.25) is 0 Å². The van der Waals surface area contributed by atoms with Gasteiger partial charge in [-0.25, -0.2) is 0 Å². The van der Waals surface area contributed by atoms with Crippen LogP contribution in [0.4, 0.5) is 0 Å². The molecule has 5 nitrogen and oxygen atoms in total. The Morgan fingerprint density at radius 3 is 2.70 bits per heavy atom. The Labute approximate surface area is 182 Å². The van der Waals surface area contributed by atoms with Crippen LogP contribution >= 0.6 is 11.8 Å². The summed E-state index contributed by atoms with van der Waals surface area (Å²) in [7, 11) is 0. The van der Waals surface area contributed by atoms with Crippen LogP contribution in [-0.2, 0) is 15.9 Å². The summed E-state index contributed by atoms with van der Waals surface area (Å²) < 4.78 is 13.5. The molecular weight excluding hydrogens is 394 g/mol. The highest BCUT2D eigenvalue weighted by Crippen LogP contribution is 2.34. The predicted octanol–water partition coefficient (Wildman–Crippen LogP) is 5.38. The molecule has 0 radical (unpaired) electrons. The number of hydrogen-bond acceptors (Lipinski definition) is 5. The first-order valence-electron chi connectivity index (χ1n) is 11.1. The number of benzene rings is 2. The smallest absolute Gasteiger partial charge is 0.191 e. The Balaban J connectivity index is 1.42. The Kier molecular flexibility index (Phi) is 6.34. The molecule has 0 spiro atoms. The summed E-state index contributed by atoms with van der Waals surface area (Å²) in [6.07, 6.45) is 8.39. The van der Waals surface area contributed by atoms with E-state index >= 15 is 0 Å². The number of fused-ring (bicyclic) bond motifs is 1. The van der Waals surface area contributed by atoms with E-state index in [1.54, 1.807) is 11.8 Å². The lowest BCUT2D eigenvalue weighted by atomic mass is 9.95. The highest BCUT2D eigenvalue weighted by atomic mass is 32.2. The Bertz CT molecular complexity index is 972. The minimum absolute atomic E-state index is 0.238. The van der Waals surface area contributed by atoms with Crippen molar-refractivity contribution in [3.63, 3.8) is 0 Å². The van der Waals surface area contributed by atoms with Crippen LogP contribution in [0.25, 0.3) is 10.8 Å². The lowest BCUT2D eigenvalue weighted by Crippen LogP contribution is -2.26. The van der Waals surface area contributed by atoms with Crippen LogP contribution in [0, 0.1) is 0 Å². The molecule has 0 unspecified atom stereocenters. The molecule has 2 aromatic carbocycles. The molecule has 1 saturated carbocycles. The van der Waals surface area contributed by atoms with Crippen molar-refractivity contribution >= 4 is 22.5 Å². The standard InChI is InChI=1S/C24H29N3O2S/c1-2-10-20(11-3-1)27-23(15-19-9-6-8-18-7-4-5-12-22(18)19)25-26-24(27)30-16-21-13-14-28-17-29-21/h4-9,12,20-21H,1-3,10-11,13-17H2/t21-/m0/s1. The minimum Gasteiger partial charge on any atom is -0.355 e. The molecule has 6 heteroatoms. The first kappa shape index (κ1) is 20.0. The zero-order chi connectivity index (χ0) is 20.2. The van der Waals surface area contributed by atoms with Crippen LogP contribution in [0.15, 0.2) is 47.6 Å². The van der Waals surface area contributed by atoms with E-state index in [2.05, 4.69) is 57.2 Å². The maximum Gasteiger partial charge on any atom is 0.191 e. The van der Waals surface area contributed by atoms with E-state index in [-0.39, 0.29) is 6.10 Å². The number of rotatable bonds is 6. The second kappa shape index (κ2) is 9.50. The predicted molar refractivity (Wildman–Crippen MR) is 120 cm³/mol. The third-order valence-electron chi connectivity index (χ3n) is 6.27. The molecule has 5 rings (SSSR count). The Morgan fingerprint density at radius 1 is 0.967 bits per heavy atom. The molecule has 0 N–H and O–H groups in total. The van der Waals surface area contributed by atoms with Crippen molar-refractivity contribution in [2.75, 3.05) is 19.2 Å². The highest BCUT2D eigenvalue weighted by molar-refractivity contribution is 7.99. The van der Waals surface area contributed by atoms with Gasteiger partial charge in [0.1, 0.15) is 12.6 Å². The fourth-order valence-electron chi connectivity index (χ4n) is 4.65. The van der Waals surface area contributed by atoms with E-state index in [9.17, 15) is 0 Å². The van der Waals surface area contributed by atoms with Gasteiger partial charge in [-0.3, -0.25) is 0 Å². The fraction of sp³-hybridized carbons (Fsp3) is 0.500. The van der Waals surface area contributed by atoms with Gasteiger partial charge in [0.15, 0.2) is 5.16 Å². The topological polar surface area (TPSA) is 49.2 Å². The summed E-state index contributed by atoms with van der Waals surface area (Å²) in [5, 5.41) is 13.0. The van der Waals surface area contributed by atoms with Crippen molar-refractivity contribution in [2.24, 2.45) is 0 Å². The third kappa shape index (κ3) is 4.41. The second-order valence-electron chi connectivity index (χ2n) is 8.29. The van der Waals surface area contributed by atoms with Gasteiger partial charge >= 0.3 is 0 Å². The normalized spacial score (nSPS) is 20.6. The summed E-state index contributed by atoms with van der Waals surface area (Å²) in [5.41, 5.74) is 1.32. The molecule has 1 aliphatic heterocycles. The van der Waals surface area contributed by atoms with E-state index in [1.165, 1.54) is 48.4 Å². The minimum atomic E-state index is 0.238. The molecular formula is C24H29N3O2S. The fourth-order valence-corrected chi connectivity index (χ4v) is 5.74. The molecule has 2 heterocycles. The quantitative estimate of drug-likeness (QED) is 0.498. The molecule has 2 aliphatic rings. The summed E-state index contributed by atoms with van der Waals surface area (Å²) in [4.78, 5) is 0. The van der Waals surface area contributed by atoms with E-state index in [1.807, 2.05) is 0 Å². The molecule has 1 saturated heterocycles. The average molecular weight is 424 g/mol. The molecule has 3 aromatic rings. The van der Waals surface area contributed by atoms with Crippen LogP contribution in [0.3, 0.4) is 0 Å². The van der Waals surface area contributed by atoms with Crippen LogP contribution < -0.4 is 0 Å². The van der Waals surface area contributed by atoms with Crippen molar-refractivity contribution in [3.05, 3.63) is 53.9 Å². The van der Waals surface area contributed by atoms with E-state index in [4.69, 9.17) is 9.47 Å². The number of ether oxygens (including phenoxy) is 2. The van der Waals surface area contributed by atoms with Gasteiger partial charge in [0.05, 0.1) is 12.7 Å². The monoisotopic (exact) mass is 423 g/mol. The zero-order valence-corrected chi connectivity index (χ0v) is 18.2. The van der Waals surface area contributed by atoms with Gasteiger partial charge in [-0.1, -0.05) is 73.5 Å².